The van der Waals surface area contributed by atoms with Crippen molar-refractivity contribution in [3.63, 3.8) is 0 Å². The second-order valence-corrected chi connectivity index (χ2v) is 6.23. The van der Waals surface area contributed by atoms with Crippen LogP contribution in [0.15, 0.2) is 28.2 Å². The summed E-state index contributed by atoms with van der Waals surface area (Å²) in [5.41, 5.74) is 2.42. The topological polar surface area (TPSA) is 77.1 Å². The third kappa shape index (κ3) is 3.58. The minimum atomic E-state index is -0.149. The Morgan fingerprint density at radius 1 is 1.46 bits per heavy atom. The molecule has 0 spiro atoms. The van der Waals surface area contributed by atoms with E-state index in [1.807, 2.05) is 21.0 Å². The number of hydrogen-bond donors (Lipinski definition) is 1. The highest BCUT2D eigenvalue weighted by Crippen LogP contribution is 2.37. The number of aromatic nitrogens is 2. The highest BCUT2D eigenvalue weighted by Gasteiger charge is 2.20. The van der Waals surface area contributed by atoms with Gasteiger partial charge >= 0.3 is 0 Å². The molecule has 0 atom stereocenters. The van der Waals surface area contributed by atoms with Gasteiger partial charge in [-0.2, -0.15) is 5.26 Å². The number of nitriles is 1. The van der Waals surface area contributed by atoms with Gasteiger partial charge in [0.2, 0.25) is 11.2 Å². The van der Waals surface area contributed by atoms with Gasteiger partial charge in [-0.1, -0.05) is 13.0 Å². The van der Waals surface area contributed by atoms with Crippen LogP contribution in [-0.2, 0) is 12.2 Å². The van der Waals surface area contributed by atoms with E-state index in [0.29, 0.717) is 34.3 Å². The molecular formula is C17H17N5OS. The standard InChI is InChI=1S/C17H17N5OS/c1-5-12-13(8-18)17(21-16(22(3)4)15(12)19-2)24-10-11-6-7-14(23)20-9-11/h6-7,9H,5,10H2,1,3-4H3,(H,20,23). The van der Waals surface area contributed by atoms with Gasteiger partial charge in [0.25, 0.3) is 0 Å². The molecule has 2 rings (SSSR count). The number of rotatable bonds is 5. The summed E-state index contributed by atoms with van der Waals surface area (Å²) in [7, 11) is 3.66. The van der Waals surface area contributed by atoms with Gasteiger partial charge in [-0.25, -0.2) is 9.83 Å². The molecule has 0 saturated heterocycles. The second-order valence-electron chi connectivity index (χ2n) is 5.26. The van der Waals surface area contributed by atoms with Crippen molar-refractivity contribution < 1.29 is 0 Å². The Hall–Kier alpha value is -2.77. The van der Waals surface area contributed by atoms with Crippen molar-refractivity contribution in [2.45, 2.75) is 24.1 Å². The van der Waals surface area contributed by atoms with Gasteiger partial charge in [0.05, 0.1) is 12.1 Å². The highest BCUT2D eigenvalue weighted by atomic mass is 32.2. The number of nitrogens with one attached hydrogen (secondary N) is 1. The van der Waals surface area contributed by atoms with E-state index in [1.165, 1.54) is 17.8 Å². The van der Waals surface area contributed by atoms with Crippen LogP contribution in [0.1, 0.15) is 23.6 Å². The minimum Gasteiger partial charge on any atom is -0.371 e. The van der Waals surface area contributed by atoms with Crippen LogP contribution in [0.4, 0.5) is 11.5 Å². The number of pyridine rings is 2. The first-order valence-electron chi connectivity index (χ1n) is 7.34. The molecule has 0 radical (unpaired) electrons. The second kappa shape index (κ2) is 7.67. The Kier molecular flexibility index (Phi) is 5.62. The Morgan fingerprint density at radius 2 is 2.21 bits per heavy atom. The summed E-state index contributed by atoms with van der Waals surface area (Å²) < 4.78 is 0. The Morgan fingerprint density at radius 3 is 2.71 bits per heavy atom. The number of H-pyrrole nitrogens is 1. The molecule has 6 nitrogen and oxygen atoms in total. The number of hydrogen-bond acceptors (Lipinski definition) is 5. The molecule has 2 aromatic rings. The van der Waals surface area contributed by atoms with Crippen LogP contribution < -0.4 is 10.5 Å². The molecule has 0 bridgehead atoms. The lowest BCUT2D eigenvalue weighted by Gasteiger charge is -2.18. The van der Waals surface area contributed by atoms with Crippen molar-refractivity contribution in [2.75, 3.05) is 19.0 Å². The van der Waals surface area contributed by atoms with Crippen molar-refractivity contribution in [3.05, 3.63) is 56.8 Å². The minimum absolute atomic E-state index is 0.149. The molecule has 0 aliphatic rings. The summed E-state index contributed by atoms with van der Waals surface area (Å²) >= 11 is 1.43. The molecule has 122 valence electrons. The summed E-state index contributed by atoms with van der Waals surface area (Å²) in [5.74, 6) is 1.15. The van der Waals surface area contributed by atoms with Crippen LogP contribution in [0.25, 0.3) is 4.85 Å². The Bertz CT molecular complexity index is 869. The predicted molar refractivity (Wildman–Crippen MR) is 95.5 cm³/mol. The fourth-order valence-corrected chi connectivity index (χ4v) is 3.21. The van der Waals surface area contributed by atoms with E-state index in [4.69, 9.17) is 6.57 Å². The summed E-state index contributed by atoms with van der Waals surface area (Å²) in [6.07, 6.45) is 2.25. The average Bonchev–Trinajstić information content (AvgIpc) is 2.59. The summed E-state index contributed by atoms with van der Waals surface area (Å²) in [4.78, 5) is 23.7. The molecular weight excluding hydrogens is 322 g/mol. The fourth-order valence-electron chi connectivity index (χ4n) is 2.26. The highest BCUT2D eigenvalue weighted by molar-refractivity contribution is 7.98. The maximum absolute atomic E-state index is 11.1. The van der Waals surface area contributed by atoms with Gasteiger partial charge in [-0.15, -0.1) is 11.8 Å². The van der Waals surface area contributed by atoms with E-state index in [1.54, 1.807) is 17.2 Å². The molecule has 1 N–H and O–H groups in total. The van der Waals surface area contributed by atoms with E-state index in [2.05, 4.69) is 20.9 Å². The third-order valence-corrected chi connectivity index (χ3v) is 4.49. The largest absolute Gasteiger partial charge is 0.371 e. The lowest BCUT2D eigenvalue weighted by molar-refractivity contribution is 0.982. The van der Waals surface area contributed by atoms with Crippen LogP contribution in [0.5, 0.6) is 0 Å². The quantitative estimate of drug-likeness (QED) is 0.669. The summed E-state index contributed by atoms with van der Waals surface area (Å²) in [5, 5.41) is 10.2. The molecule has 0 amide bonds. The van der Waals surface area contributed by atoms with Crippen molar-refractivity contribution in [2.24, 2.45) is 0 Å². The monoisotopic (exact) mass is 339 g/mol. The molecule has 0 unspecified atom stereocenters. The summed E-state index contributed by atoms with van der Waals surface area (Å²) in [6.45, 7) is 9.36. The Labute approximate surface area is 145 Å². The number of nitrogens with zero attached hydrogens (tertiary/aromatic N) is 4. The molecule has 0 saturated carbocycles. The zero-order valence-corrected chi connectivity index (χ0v) is 14.6. The summed E-state index contributed by atoms with van der Waals surface area (Å²) in [6, 6.07) is 5.42. The first-order valence-corrected chi connectivity index (χ1v) is 8.32. The average molecular weight is 339 g/mol. The Balaban J connectivity index is 2.47. The molecule has 0 aliphatic heterocycles. The van der Waals surface area contributed by atoms with Gasteiger partial charge in [0.1, 0.15) is 16.9 Å². The van der Waals surface area contributed by atoms with E-state index < -0.39 is 0 Å². The van der Waals surface area contributed by atoms with E-state index in [-0.39, 0.29) is 5.56 Å². The van der Waals surface area contributed by atoms with Gasteiger partial charge in [-0.05, 0) is 17.5 Å². The number of anilines is 1. The number of thioether (sulfide) groups is 1. The SMILES string of the molecule is [C-]#[N+]c1c(N(C)C)nc(SCc2ccc(=O)[nH]c2)c(C#N)c1CC. The zero-order valence-electron chi connectivity index (χ0n) is 13.8. The van der Waals surface area contributed by atoms with Gasteiger partial charge in [-0.3, -0.25) is 4.79 Å². The normalized spacial score (nSPS) is 10.0. The lowest BCUT2D eigenvalue weighted by Crippen LogP contribution is -2.13. The van der Waals surface area contributed by atoms with Gasteiger partial charge in [0, 0.05) is 32.1 Å². The first-order chi connectivity index (χ1) is 11.5. The van der Waals surface area contributed by atoms with Crippen LogP contribution in [0.2, 0.25) is 0 Å². The van der Waals surface area contributed by atoms with Crippen molar-refractivity contribution in [1.82, 2.24) is 9.97 Å². The molecule has 0 fully saturated rings. The maximum Gasteiger partial charge on any atom is 0.247 e. The van der Waals surface area contributed by atoms with Crippen LogP contribution in [0.3, 0.4) is 0 Å². The zero-order chi connectivity index (χ0) is 17.7. The number of aromatic amines is 1. The van der Waals surface area contributed by atoms with Crippen molar-refractivity contribution >= 4 is 23.3 Å². The molecule has 7 heteroatoms. The molecule has 24 heavy (non-hydrogen) atoms. The van der Waals surface area contributed by atoms with E-state index in [9.17, 15) is 10.1 Å². The molecule has 2 aromatic heterocycles. The van der Waals surface area contributed by atoms with Crippen molar-refractivity contribution in [3.8, 4) is 6.07 Å². The predicted octanol–water partition coefficient (Wildman–Crippen LogP) is 3.11. The van der Waals surface area contributed by atoms with Gasteiger partial charge in [0.15, 0.2) is 0 Å². The smallest absolute Gasteiger partial charge is 0.247 e. The van der Waals surface area contributed by atoms with Crippen LogP contribution in [-0.4, -0.2) is 24.1 Å². The van der Waals surface area contributed by atoms with E-state index >= 15 is 0 Å². The third-order valence-electron chi connectivity index (χ3n) is 3.45. The molecule has 0 aromatic carbocycles. The maximum atomic E-state index is 11.1. The fraction of sp³-hybridized carbons (Fsp3) is 0.294. The molecule has 0 aliphatic carbocycles. The van der Waals surface area contributed by atoms with Gasteiger partial charge < -0.3 is 9.88 Å². The van der Waals surface area contributed by atoms with Crippen molar-refractivity contribution in [1.29, 1.82) is 5.26 Å². The van der Waals surface area contributed by atoms with Crippen LogP contribution >= 0.6 is 11.8 Å². The molecule has 2 heterocycles. The lowest BCUT2D eigenvalue weighted by atomic mass is 10.1. The van der Waals surface area contributed by atoms with Crippen LogP contribution in [0, 0.1) is 17.9 Å². The first kappa shape index (κ1) is 17.6. The van der Waals surface area contributed by atoms with E-state index in [0.717, 1.165) is 11.1 Å².